The van der Waals surface area contributed by atoms with Gasteiger partial charge in [-0.1, -0.05) is 18.2 Å². The molecule has 1 aliphatic heterocycles. The summed E-state index contributed by atoms with van der Waals surface area (Å²) >= 11 is 0. The van der Waals surface area contributed by atoms with E-state index >= 15 is 0 Å². The zero-order valence-corrected chi connectivity index (χ0v) is 19.1. The summed E-state index contributed by atoms with van der Waals surface area (Å²) in [7, 11) is 1.47. The van der Waals surface area contributed by atoms with Crippen LogP contribution in [0.25, 0.3) is 10.9 Å². The van der Waals surface area contributed by atoms with E-state index in [2.05, 4.69) is 15.5 Å². The van der Waals surface area contributed by atoms with E-state index in [-0.39, 0.29) is 5.91 Å². The van der Waals surface area contributed by atoms with Crippen molar-refractivity contribution in [2.45, 2.75) is 19.8 Å². The quantitative estimate of drug-likeness (QED) is 0.516. The monoisotopic (exact) mass is 462 g/mol. The minimum Gasteiger partial charge on any atom is -0.495 e. The van der Waals surface area contributed by atoms with Gasteiger partial charge in [-0.2, -0.15) is 0 Å². The number of hydrogen-bond donors (Lipinski definition) is 2. The Hall–Kier alpha value is -4.14. The van der Waals surface area contributed by atoms with E-state index in [1.165, 1.54) is 14.0 Å². The highest BCUT2D eigenvalue weighted by Crippen LogP contribution is 2.29. The number of anilines is 3. The number of nitrogens with one attached hydrogen (secondary N) is 2. The van der Waals surface area contributed by atoms with Gasteiger partial charge in [0.2, 0.25) is 5.91 Å². The molecule has 0 bridgehead atoms. The molecule has 0 aliphatic carbocycles. The Morgan fingerprint density at radius 2 is 1.79 bits per heavy atom. The minimum atomic E-state index is -0.616. The molecule has 9 heteroatoms. The third kappa shape index (κ3) is 5.25. The van der Waals surface area contributed by atoms with Crippen LogP contribution in [0.15, 0.2) is 48.5 Å². The molecule has 0 spiro atoms. The molecule has 9 nitrogen and oxygen atoms in total. The maximum atomic E-state index is 13.0. The molecule has 0 atom stereocenters. The first-order valence-corrected chi connectivity index (χ1v) is 11.0. The van der Waals surface area contributed by atoms with Crippen LogP contribution in [0, 0.1) is 0 Å². The topological polar surface area (TPSA) is 110 Å². The lowest BCUT2D eigenvalue weighted by Crippen LogP contribution is -2.25. The number of benzene rings is 2. The first kappa shape index (κ1) is 23.0. The normalized spacial score (nSPS) is 12.9. The SMILES string of the molecule is COc1ccc(NC(C)=O)cc1NC(=O)COC(=O)c1cc2ccccc2nc1N1CCCC1. The Bertz CT molecular complexity index is 1240. The molecule has 3 aromatic rings. The zero-order valence-electron chi connectivity index (χ0n) is 19.1. The lowest BCUT2D eigenvalue weighted by Gasteiger charge is -2.20. The molecular weight excluding hydrogens is 436 g/mol. The smallest absolute Gasteiger partial charge is 0.342 e. The highest BCUT2D eigenvalue weighted by molar-refractivity contribution is 6.01. The predicted octanol–water partition coefficient (Wildman–Crippen LogP) is 3.60. The predicted molar refractivity (Wildman–Crippen MR) is 129 cm³/mol. The van der Waals surface area contributed by atoms with Crippen LogP contribution in [-0.4, -0.2) is 49.6 Å². The number of methoxy groups -OCH3 is 1. The van der Waals surface area contributed by atoms with Crippen LogP contribution in [0.4, 0.5) is 17.2 Å². The second-order valence-electron chi connectivity index (χ2n) is 7.97. The molecule has 2 amide bonds. The molecule has 34 heavy (non-hydrogen) atoms. The van der Waals surface area contributed by atoms with Crippen LogP contribution >= 0.6 is 0 Å². The van der Waals surface area contributed by atoms with Crippen molar-refractivity contribution in [2.75, 3.05) is 42.3 Å². The Morgan fingerprint density at radius 1 is 1.03 bits per heavy atom. The average molecular weight is 463 g/mol. The maximum absolute atomic E-state index is 13.0. The number of carbonyl (C=O) groups excluding carboxylic acids is 3. The molecule has 1 aliphatic rings. The van der Waals surface area contributed by atoms with E-state index < -0.39 is 18.5 Å². The fourth-order valence-corrected chi connectivity index (χ4v) is 3.91. The van der Waals surface area contributed by atoms with Crippen LogP contribution in [0.2, 0.25) is 0 Å². The van der Waals surface area contributed by atoms with Gasteiger partial charge in [-0.25, -0.2) is 9.78 Å². The van der Waals surface area contributed by atoms with Crippen molar-refractivity contribution in [3.63, 3.8) is 0 Å². The largest absolute Gasteiger partial charge is 0.495 e. The molecule has 2 heterocycles. The van der Waals surface area contributed by atoms with E-state index in [0.717, 1.165) is 36.8 Å². The number of aromatic nitrogens is 1. The van der Waals surface area contributed by atoms with Crippen molar-refractivity contribution >= 4 is 45.9 Å². The number of hydrogen-bond acceptors (Lipinski definition) is 7. The zero-order chi connectivity index (χ0) is 24.1. The van der Waals surface area contributed by atoms with Crippen LogP contribution in [-0.2, 0) is 14.3 Å². The maximum Gasteiger partial charge on any atom is 0.342 e. The van der Waals surface area contributed by atoms with Crippen molar-refractivity contribution < 1.29 is 23.9 Å². The van der Waals surface area contributed by atoms with E-state index in [1.54, 1.807) is 24.3 Å². The van der Waals surface area contributed by atoms with E-state index in [1.807, 2.05) is 24.3 Å². The second kappa shape index (κ2) is 10.2. The Labute approximate surface area is 197 Å². The Morgan fingerprint density at radius 3 is 2.53 bits per heavy atom. The number of carbonyl (C=O) groups is 3. The van der Waals surface area contributed by atoms with Crippen LogP contribution in [0.5, 0.6) is 5.75 Å². The molecule has 0 unspecified atom stereocenters. The van der Waals surface area contributed by atoms with Crippen molar-refractivity contribution in [2.24, 2.45) is 0 Å². The van der Waals surface area contributed by atoms with Crippen LogP contribution < -0.4 is 20.3 Å². The summed E-state index contributed by atoms with van der Waals surface area (Å²) < 4.78 is 10.6. The summed E-state index contributed by atoms with van der Waals surface area (Å²) in [6, 6.07) is 14.2. The third-order valence-electron chi connectivity index (χ3n) is 5.46. The molecule has 2 N–H and O–H groups in total. The van der Waals surface area contributed by atoms with Gasteiger partial charge in [-0.3, -0.25) is 9.59 Å². The number of pyridine rings is 1. The van der Waals surface area contributed by atoms with Gasteiger partial charge in [0.25, 0.3) is 5.91 Å². The molecule has 4 rings (SSSR count). The summed E-state index contributed by atoms with van der Waals surface area (Å²) in [6.07, 6.45) is 2.07. The molecule has 1 aromatic heterocycles. The number of amides is 2. The first-order valence-electron chi connectivity index (χ1n) is 11.0. The standard InChI is InChI=1S/C25H26N4O5/c1-16(30)26-18-9-10-22(33-2)21(14-18)27-23(31)15-34-25(32)19-13-17-7-3-4-8-20(17)28-24(19)29-11-5-6-12-29/h3-4,7-10,13-14H,5-6,11-12,15H2,1-2H3,(H,26,30)(H,27,31). The van der Waals surface area contributed by atoms with Crippen molar-refractivity contribution in [1.29, 1.82) is 0 Å². The third-order valence-corrected chi connectivity index (χ3v) is 5.46. The fourth-order valence-electron chi connectivity index (χ4n) is 3.91. The van der Waals surface area contributed by atoms with Gasteiger partial charge in [-0.15, -0.1) is 0 Å². The molecule has 1 fully saturated rings. The molecular formula is C25H26N4O5. The first-order chi connectivity index (χ1) is 16.4. The highest BCUT2D eigenvalue weighted by Gasteiger charge is 2.23. The second-order valence-corrected chi connectivity index (χ2v) is 7.97. The van der Waals surface area contributed by atoms with Crippen LogP contribution in [0.1, 0.15) is 30.1 Å². The lowest BCUT2D eigenvalue weighted by atomic mass is 10.1. The molecule has 1 saturated heterocycles. The summed E-state index contributed by atoms with van der Waals surface area (Å²) in [4.78, 5) is 43.6. The number of rotatable bonds is 7. The van der Waals surface area contributed by atoms with Crippen molar-refractivity contribution in [3.05, 3.63) is 54.1 Å². The number of para-hydroxylation sites is 1. The summed E-state index contributed by atoms with van der Waals surface area (Å²) in [5, 5.41) is 6.13. The Balaban J connectivity index is 1.49. The number of esters is 1. The van der Waals surface area contributed by atoms with Gasteiger partial charge >= 0.3 is 5.97 Å². The average Bonchev–Trinajstić information content (AvgIpc) is 3.36. The Kier molecular flexibility index (Phi) is 6.91. The molecule has 0 saturated carbocycles. The van der Waals surface area contributed by atoms with Gasteiger partial charge in [-0.05, 0) is 43.2 Å². The summed E-state index contributed by atoms with van der Waals surface area (Å²) in [6.45, 7) is 2.53. The number of fused-ring (bicyclic) bond motifs is 1. The number of nitrogens with zero attached hydrogens (tertiary/aromatic N) is 2. The van der Waals surface area contributed by atoms with Crippen molar-refractivity contribution in [1.82, 2.24) is 4.98 Å². The van der Waals surface area contributed by atoms with E-state index in [9.17, 15) is 14.4 Å². The summed E-state index contributed by atoms with van der Waals surface area (Å²) in [5.41, 5.74) is 1.97. The summed E-state index contributed by atoms with van der Waals surface area (Å²) in [5.74, 6) is -0.415. The highest BCUT2D eigenvalue weighted by atomic mass is 16.5. The van der Waals surface area contributed by atoms with E-state index in [0.29, 0.717) is 28.5 Å². The van der Waals surface area contributed by atoms with Gasteiger partial charge in [0.1, 0.15) is 17.1 Å². The van der Waals surface area contributed by atoms with E-state index in [4.69, 9.17) is 14.5 Å². The van der Waals surface area contributed by atoms with Crippen LogP contribution in [0.3, 0.4) is 0 Å². The lowest BCUT2D eigenvalue weighted by molar-refractivity contribution is -0.119. The van der Waals surface area contributed by atoms with Gasteiger partial charge in [0, 0.05) is 31.1 Å². The number of ether oxygens (including phenoxy) is 2. The van der Waals surface area contributed by atoms with Gasteiger partial charge < -0.3 is 25.0 Å². The van der Waals surface area contributed by atoms with Crippen molar-refractivity contribution in [3.8, 4) is 5.75 Å². The molecule has 2 aromatic carbocycles. The molecule has 176 valence electrons. The minimum absolute atomic E-state index is 0.242. The molecule has 0 radical (unpaired) electrons. The fraction of sp³-hybridized carbons (Fsp3) is 0.280. The van der Waals surface area contributed by atoms with Gasteiger partial charge in [0.15, 0.2) is 6.61 Å². The van der Waals surface area contributed by atoms with Gasteiger partial charge in [0.05, 0.1) is 18.3 Å².